The summed E-state index contributed by atoms with van der Waals surface area (Å²) in [7, 11) is 8.19. The summed E-state index contributed by atoms with van der Waals surface area (Å²) in [5, 5.41) is 0. The molecular formula is C29H34N2O. The Bertz CT molecular complexity index is 979. The Morgan fingerprint density at radius 1 is 0.719 bits per heavy atom. The molecule has 0 heterocycles. The number of rotatable bonds is 9. The molecule has 3 nitrogen and oxygen atoms in total. The molecule has 0 radical (unpaired) electrons. The molecule has 0 bridgehead atoms. The van der Waals surface area contributed by atoms with Gasteiger partial charge in [-0.3, -0.25) is 4.79 Å². The highest BCUT2D eigenvalue weighted by atomic mass is 16.1. The number of Topliss-reactive ketones (excluding diaryl/α,β-unsaturated/α-hetero) is 1. The fourth-order valence-electron chi connectivity index (χ4n) is 3.84. The Morgan fingerprint density at radius 2 is 1.19 bits per heavy atom. The molecule has 3 aromatic carbocycles. The van der Waals surface area contributed by atoms with Gasteiger partial charge in [-0.25, -0.2) is 0 Å². The van der Waals surface area contributed by atoms with Crippen LogP contribution in [0, 0.1) is 5.92 Å². The van der Waals surface area contributed by atoms with Gasteiger partial charge in [0.15, 0.2) is 5.78 Å². The average Bonchev–Trinajstić information content (AvgIpc) is 2.82. The molecule has 3 heteroatoms. The minimum Gasteiger partial charge on any atom is -0.378 e. The van der Waals surface area contributed by atoms with Gasteiger partial charge in [-0.1, -0.05) is 67.6 Å². The molecular weight excluding hydrogens is 392 g/mol. The van der Waals surface area contributed by atoms with E-state index in [0.717, 1.165) is 23.1 Å². The van der Waals surface area contributed by atoms with Crippen molar-refractivity contribution in [2.45, 2.75) is 19.8 Å². The second-order valence-corrected chi connectivity index (χ2v) is 8.57. The third-order valence-corrected chi connectivity index (χ3v) is 5.92. The van der Waals surface area contributed by atoms with E-state index in [1.807, 2.05) is 58.5 Å². The van der Waals surface area contributed by atoms with Crippen LogP contribution in [0.25, 0.3) is 5.57 Å². The molecule has 0 aromatic heterocycles. The van der Waals surface area contributed by atoms with Crippen LogP contribution in [0.2, 0.25) is 0 Å². The van der Waals surface area contributed by atoms with E-state index >= 15 is 0 Å². The Kier molecular flexibility index (Phi) is 7.88. The van der Waals surface area contributed by atoms with Gasteiger partial charge in [0, 0.05) is 51.0 Å². The van der Waals surface area contributed by atoms with Crippen LogP contribution in [0.15, 0.2) is 84.9 Å². The summed E-state index contributed by atoms with van der Waals surface area (Å²) in [6.45, 7) is 2.09. The summed E-state index contributed by atoms with van der Waals surface area (Å²) in [4.78, 5) is 17.3. The molecule has 0 spiro atoms. The molecule has 3 rings (SSSR count). The number of hydrogen-bond acceptors (Lipinski definition) is 3. The first-order chi connectivity index (χ1) is 15.4. The fourth-order valence-corrected chi connectivity index (χ4v) is 3.84. The Labute approximate surface area is 193 Å². The van der Waals surface area contributed by atoms with Gasteiger partial charge in [0.25, 0.3) is 0 Å². The summed E-state index contributed by atoms with van der Waals surface area (Å²) < 4.78 is 0. The molecule has 0 unspecified atom stereocenters. The van der Waals surface area contributed by atoms with Gasteiger partial charge in [0.2, 0.25) is 0 Å². The fraction of sp³-hybridized carbons (Fsp3) is 0.276. The molecule has 0 aliphatic rings. The predicted octanol–water partition coefficient (Wildman–Crippen LogP) is 6.55. The first kappa shape index (κ1) is 23.3. The first-order valence-electron chi connectivity index (χ1n) is 11.3. The summed E-state index contributed by atoms with van der Waals surface area (Å²) in [6, 6.07) is 26.9. The summed E-state index contributed by atoms with van der Waals surface area (Å²) in [5.41, 5.74) is 6.62. The molecule has 0 saturated heterocycles. The lowest BCUT2D eigenvalue weighted by Crippen LogP contribution is -2.13. The standard InChI is InChI=1S/C29H34N2O/c1-6-22(29(32)25-10-8-7-9-11-25)16-21-28(23-12-17-26(18-13-23)30(2)3)24-14-19-27(20-15-24)31(4)5/h7-15,17-22H,6,16H2,1-5H3/t22-/m0/s1. The van der Waals surface area contributed by atoms with Crippen molar-refractivity contribution < 1.29 is 4.79 Å². The third-order valence-electron chi connectivity index (χ3n) is 5.92. The van der Waals surface area contributed by atoms with Gasteiger partial charge in [-0.2, -0.15) is 0 Å². The van der Waals surface area contributed by atoms with Crippen LogP contribution >= 0.6 is 0 Å². The maximum Gasteiger partial charge on any atom is 0.166 e. The van der Waals surface area contributed by atoms with Gasteiger partial charge >= 0.3 is 0 Å². The molecule has 166 valence electrons. The van der Waals surface area contributed by atoms with E-state index in [1.54, 1.807) is 0 Å². The average molecular weight is 427 g/mol. The number of ketones is 1. The number of hydrogen-bond donors (Lipinski definition) is 0. The molecule has 0 amide bonds. The van der Waals surface area contributed by atoms with E-state index in [-0.39, 0.29) is 11.7 Å². The van der Waals surface area contributed by atoms with Crippen molar-refractivity contribution in [3.05, 3.63) is 102 Å². The van der Waals surface area contributed by atoms with Crippen molar-refractivity contribution >= 4 is 22.7 Å². The van der Waals surface area contributed by atoms with E-state index in [9.17, 15) is 4.79 Å². The van der Waals surface area contributed by atoms with Crippen LogP contribution in [0.3, 0.4) is 0 Å². The third kappa shape index (κ3) is 5.67. The summed E-state index contributed by atoms with van der Waals surface area (Å²) in [6.07, 6.45) is 3.77. The molecule has 0 saturated carbocycles. The van der Waals surface area contributed by atoms with Crippen LogP contribution in [-0.4, -0.2) is 34.0 Å². The van der Waals surface area contributed by atoms with Crippen LogP contribution in [0.5, 0.6) is 0 Å². The molecule has 0 aliphatic heterocycles. The zero-order valence-electron chi connectivity index (χ0n) is 19.9. The summed E-state index contributed by atoms with van der Waals surface area (Å²) >= 11 is 0. The molecule has 3 aromatic rings. The van der Waals surface area contributed by atoms with Crippen LogP contribution in [-0.2, 0) is 0 Å². The highest BCUT2D eigenvalue weighted by molar-refractivity contribution is 5.98. The van der Waals surface area contributed by atoms with E-state index in [2.05, 4.69) is 71.3 Å². The topological polar surface area (TPSA) is 23.6 Å². The summed E-state index contributed by atoms with van der Waals surface area (Å²) in [5.74, 6) is 0.184. The number of carbonyl (C=O) groups excluding carboxylic acids is 1. The lowest BCUT2D eigenvalue weighted by molar-refractivity contribution is 0.0918. The van der Waals surface area contributed by atoms with E-state index in [4.69, 9.17) is 0 Å². The minimum atomic E-state index is -0.0329. The van der Waals surface area contributed by atoms with Gasteiger partial charge < -0.3 is 9.80 Å². The smallest absolute Gasteiger partial charge is 0.166 e. The molecule has 1 atom stereocenters. The zero-order chi connectivity index (χ0) is 23.1. The van der Waals surface area contributed by atoms with Crippen molar-refractivity contribution in [1.29, 1.82) is 0 Å². The molecule has 0 aliphatic carbocycles. The lowest BCUT2D eigenvalue weighted by atomic mass is 9.89. The maximum absolute atomic E-state index is 13.1. The van der Waals surface area contributed by atoms with Gasteiger partial charge in [0.1, 0.15) is 0 Å². The molecule has 0 N–H and O–H groups in total. The van der Waals surface area contributed by atoms with Gasteiger partial charge in [0.05, 0.1) is 0 Å². The van der Waals surface area contributed by atoms with Gasteiger partial charge in [-0.15, -0.1) is 0 Å². The SMILES string of the molecule is CC[C@@H](CC=C(c1ccc(N(C)C)cc1)c1ccc(N(C)C)cc1)C(=O)c1ccccc1. The highest BCUT2D eigenvalue weighted by Gasteiger charge is 2.18. The second-order valence-electron chi connectivity index (χ2n) is 8.57. The Balaban J connectivity index is 1.95. The monoisotopic (exact) mass is 426 g/mol. The minimum absolute atomic E-state index is 0.0329. The maximum atomic E-state index is 13.1. The first-order valence-corrected chi connectivity index (χ1v) is 11.3. The largest absolute Gasteiger partial charge is 0.378 e. The highest BCUT2D eigenvalue weighted by Crippen LogP contribution is 2.29. The Hall–Kier alpha value is -3.33. The van der Waals surface area contributed by atoms with E-state index in [1.165, 1.54) is 16.9 Å². The number of carbonyl (C=O) groups is 1. The van der Waals surface area contributed by atoms with Gasteiger partial charge in [-0.05, 0) is 53.8 Å². The van der Waals surface area contributed by atoms with Crippen molar-refractivity contribution in [2.24, 2.45) is 5.92 Å². The second kappa shape index (κ2) is 10.8. The van der Waals surface area contributed by atoms with Crippen molar-refractivity contribution in [3.63, 3.8) is 0 Å². The van der Waals surface area contributed by atoms with Crippen molar-refractivity contribution in [1.82, 2.24) is 0 Å². The lowest BCUT2D eigenvalue weighted by Gasteiger charge is -2.17. The number of anilines is 2. The molecule has 32 heavy (non-hydrogen) atoms. The predicted molar refractivity (Wildman–Crippen MR) is 138 cm³/mol. The Morgan fingerprint density at radius 3 is 1.59 bits per heavy atom. The number of allylic oxidation sites excluding steroid dienone is 1. The number of nitrogens with zero attached hydrogens (tertiary/aromatic N) is 2. The quantitative estimate of drug-likeness (QED) is 0.363. The number of benzene rings is 3. The molecule has 0 fully saturated rings. The van der Waals surface area contributed by atoms with Crippen LogP contribution < -0.4 is 9.80 Å². The van der Waals surface area contributed by atoms with Crippen molar-refractivity contribution in [2.75, 3.05) is 38.0 Å². The van der Waals surface area contributed by atoms with E-state index in [0.29, 0.717) is 6.42 Å². The van der Waals surface area contributed by atoms with Crippen LogP contribution in [0.4, 0.5) is 11.4 Å². The normalized spacial score (nSPS) is 11.5. The zero-order valence-corrected chi connectivity index (χ0v) is 19.9. The van der Waals surface area contributed by atoms with Crippen LogP contribution in [0.1, 0.15) is 41.3 Å². The van der Waals surface area contributed by atoms with Crippen molar-refractivity contribution in [3.8, 4) is 0 Å². The van der Waals surface area contributed by atoms with E-state index < -0.39 is 0 Å².